The van der Waals surface area contributed by atoms with E-state index in [0.29, 0.717) is 22.9 Å². The van der Waals surface area contributed by atoms with Crippen molar-refractivity contribution in [3.8, 4) is 0 Å². The molecule has 5 nitrogen and oxygen atoms in total. The van der Waals surface area contributed by atoms with E-state index in [-0.39, 0.29) is 12.8 Å². The minimum atomic E-state index is -0.711. The van der Waals surface area contributed by atoms with Crippen LogP contribution in [0.3, 0.4) is 0 Å². The molecule has 1 amide bonds. The Balaban J connectivity index is 3.60. The van der Waals surface area contributed by atoms with Gasteiger partial charge in [0.15, 0.2) is 0 Å². The van der Waals surface area contributed by atoms with Gasteiger partial charge in [-0.3, -0.25) is 0 Å². The number of primary amides is 1. The van der Waals surface area contributed by atoms with Gasteiger partial charge in [0.1, 0.15) is 0 Å². The molecule has 4 N–H and O–H groups in total. The molecule has 0 aromatic carbocycles. The van der Waals surface area contributed by atoms with Gasteiger partial charge < -0.3 is 0 Å². The van der Waals surface area contributed by atoms with Gasteiger partial charge in [-0.15, -0.1) is 0 Å². The van der Waals surface area contributed by atoms with Crippen LogP contribution >= 0.6 is 0 Å². The summed E-state index contributed by atoms with van der Waals surface area (Å²) in [5, 5.41) is 0. The van der Waals surface area contributed by atoms with Gasteiger partial charge in [0.2, 0.25) is 0 Å². The summed E-state index contributed by atoms with van der Waals surface area (Å²) in [5.41, 5.74) is 10.2. The van der Waals surface area contributed by atoms with Crippen LogP contribution in [0.25, 0.3) is 0 Å². The van der Waals surface area contributed by atoms with E-state index in [4.69, 9.17) is 11.5 Å². The van der Waals surface area contributed by atoms with Gasteiger partial charge >= 0.3 is 77.8 Å². The second kappa shape index (κ2) is 5.36. The van der Waals surface area contributed by atoms with Crippen molar-refractivity contribution >= 4 is 34.8 Å². The Labute approximate surface area is 78.1 Å². The standard InChI is InChI=1S/C5H10N2O3.Sn.H/c6-3(5(9)10)1-2-4(7)8;;/h3H,1-2,6H2,(H2,7,8)(H,9,10);;/q;+1;/p-1/t3-;;/m0../s1. The molecule has 0 aromatic rings. The summed E-state index contributed by atoms with van der Waals surface area (Å²) in [6.07, 6.45) is 0.381. The van der Waals surface area contributed by atoms with Gasteiger partial charge in [0.05, 0.1) is 0 Å². The first-order valence-corrected chi connectivity index (χ1v) is 4.37. The SMILES string of the molecule is NC(=O)CC[C@H](N)C(=O)[O][SnH]. The number of amides is 1. The van der Waals surface area contributed by atoms with Crippen molar-refractivity contribution in [3.05, 3.63) is 0 Å². The Bertz CT molecular complexity index is 162. The maximum absolute atomic E-state index is 10.7. The van der Waals surface area contributed by atoms with Crippen LogP contribution in [0.2, 0.25) is 0 Å². The van der Waals surface area contributed by atoms with Gasteiger partial charge in [0.25, 0.3) is 0 Å². The number of carbonyl (C=O) groups is 2. The van der Waals surface area contributed by atoms with E-state index in [1.165, 1.54) is 0 Å². The minimum absolute atomic E-state index is 0.122. The molecule has 0 saturated carbocycles. The Morgan fingerprint density at radius 3 is 2.45 bits per heavy atom. The molecular formula is C5H10N2O3Sn. The van der Waals surface area contributed by atoms with E-state index in [1.54, 1.807) is 0 Å². The second-order valence-corrected chi connectivity index (χ2v) is 2.72. The number of hydrogen-bond donors (Lipinski definition) is 2. The van der Waals surface area contributed by atoms with Crippen molar-refractivity contribution in [2.24, 2.45) is 11.5 Å². The topological polar surface area (TPSA) is 95.4 Å². The molecule has 0 bridgehead atoms. The Kier molecular flexibility index (Phi) is 5.22. The van der Waals surface area contributed by atoms with Crippen LogP contribution in [-0.4, -0.2) is 40.9 Å². The van der Waals surface area contributed by atoms with E-state index in [2.05, 4.69) is 3.07 Å². The predicted molar refractivity (Wildman–Crippen MR) is 39.6 cm³/mol. The molecule has 0 saturated heterocycles. The molecule has 11 heavy (non-hydrogen) atoms. The third-order valence-corrected chi connectivity index (χ3v) is 1.78. The molecular weight excluding hydrogens is 255 g/mol. The Hall–Kier alpha value is -0.301. The second-order valence-electron chi connectivity index (χ2n) is 2.05. The predicted octanol–water partition coefficient (Wildman–Crippen LogP) is -2.06. The summed E-state index contributed by atoms with van der Waals surface area (Å²) in [4.78, 5) is 20.9. The third kappa shape index (κ3) is 5.02. The first kappa shape index (κ1) is 10.7. The van der Waals surface area contributed by atoms with Crippen molar-refractivity contribution in [3.63, 3.8) is 0 Å². The van der Waals surface area contributed by atoms with Crippen LogP contribution in [0.5, 0.6) is 0 Å². The maximum atomic E-state index is 10.7. The molecule has 0 spiro atoms. The summed E-state index contributed by atoms with van der Waals surface area (Å²) in [6.45, 7) is 0. The first-order chi connectivity index (χ1) is 5.07. The van der Waals surface area contributed by atoms with Gasteiger partial charge in [-0.1, -0.05) is 0 Å². The zero-order chi connectivity index (χ0) is 8.85. The molecule has 62 valence electrons. The molecule has 0 aromatic heterocycles. The van der Waals surface area contributed by atoms with Crippen LogP contribution in [0, 0.1) is 0 Å². The third-order valence-electron chi connectivity index (χ3n) is 1.12. The van der Waals surface area contributed by atoms with E-state index in [1.807, 2.05) is 0 Å². The number of nitrogens with two attached hydrogens (primary N) is 2. The van der Waals surface area contributed by atoms with E-state index >= 15 is 0 Å². The van der Waals surface area contributed by atoms with Crippen molar-refractivity contribution in [1.29, 1.82) is 0 Å². The fourth-order valence-electron chi connectivity index (χ4n) is 0.503. The fraction of sp³-hybridized carbons (Fsp3) is 0.600. The van der Waals surface area contributed by atoms with E-state index in [9.17, 15) is 9.59 Å². The van der Waals surface area contributed by atoms with Crippen molar-refractivity contribution in [2.75, 3.05) is 0 Å². The molecule has 6 heteroatoms. The summed E-state index contributed by atoms with van der Waals surface area (Å²) in [7, 11) is 0. The average molecular weight is 265 g/mol. The first-order valence-electron chi connectivity index (χ1n) is 3.02. The molecule has 0 fully saturated rings. The van der Waals surface area contributed by atoms with Crippen LogP contribution in [-0.2, 0) is 12.7 Å². The summed E-state index contributed by atoms with van der Waals surface area (Å²) < 4.78 is 4.46. The monoisotopic (exact) mass is 266 g/mol. The normalized spacial score (nSPS) is 12.2. The van der Waals surface area contributed by atoms with E-state index in [0.717, 1.165) is 0 Å². The van der Waals surface area contributed by atoms with E-state index < -0.39 is 17.9 Å². The molecule has 2 radical (unpaired) electrons. The molecule has 0 aliphatic heterocycles. The van der Waals surface area contributed by atoms with Crippen LogP contribution in [0.15, 0.2) is 0 Å². The van der Waals surface area contributed by atoms with Crippen molar-refractivity contribution < 1.29 is 12.7 Å². The van der Waals surface area contributed by atoms with Crippen molar-refractivity contribution in [2.45, 2.75) is 18.9 Å². The Morgan fingerprint density at radius 2 is 2.09 bits per heavy atom. The summed E-state index contributed by atoms with van der Waals surface area (Å²) in [5.74, 6) is -0.922. The molecule has 0 rings (SSSR count). The van der Waals surface area contributed by atoms with Crippen LogP contribution in [0.1, 0.15) is 12.8 Å². The fourth-order valence-corrected chi connectivity index (χ4v) is 1.00. The summed E-state index contributed by atoms with van der Waals surface area (Å²) >= 11 is 0.387. The molecule has 0 aliphatic carbocycles. The quantitative estimate of drug-likeness (QED) is 0.571. The molecule has 0 heterocycles. The summed E-state index contributed by atoms with van der Waals surface area (Å²) in [6, 6.07) is -0.711. The molecule has 1 atom stereocenters. The number of carbonyl (C=O) groups excluding carboxylic acids is 2. The number of rotatable bonds is 4. The zero-order valence-corrected chi connectivity index (χ0v) is 9.24. The van der Waals surface area contributed by atoms with Crippen molar-refractivity contribution in [1.82, 2.24) is 0 Å². The van der Waals surface area contributed by atoms with Crippen LogP contribution < -0.4 is 11.5 Å². The average Bonchev–Trinajstić information content (AvgIpc) is 1.98. The Morgan fingerprint density at radius 1 is 1.55 bits per heavy atom. The van der Waals surface area contributed by atoms with Crippen LogP contribution in [0.4, 0.5) is 0 Å². The molecule has 0 unspecified atom stereocenters. The van der Waals surface area contributed by atoms with Gasteiger partial charge in [-0.2, -0.15) is 0 Å². The van der Waals surface area contributed by atoms with Gasteiger partial charge in [-0.25, -0.2) is 0 Å². The zero-order valence-electron chi connectivity index (χ0n) is 5.95. The van der Waals surface area contributed by atoms with Gasteiger partial charge in [0, 0.05) is 0 Å². The van der Waals surface area contributed by atoms with Gasteiger partial charge in [-0.05, 0) is 0 Å². The molecule has 0 aliphatic rings. The number of hydrogen-bond acceptors (Lipinski definition) is 4.